The van der Waals surface area contributed by atoms with Crippen LogP contribution in [0.4, 0.5) is 0 Å². The summed E-state index contributed by atoms with van der Waals surface area (Å²) in [5, 5.41) is 3.72. The van der Waals surface area contributed by atoms with Crippen molar-refractivity contribution >= 4 is 30.8 Å². The Morgan fingerprint density at radius 3 is 2.23 bits per heavy atom. The molecule has 1 aromatic rings. The summed E-state index contributed by atoms with van der Waals surface area (Å²) in [6.45, 7) is 2.50. The van der Waals surface area contributed by atoms with E-state index >= 15 is 0 Å². The molecule has 3 saturated heterocycles. The van der Waals surface area contributed by atoms with Crippen LogP contribution in [-0.2, 0) is 16.1 Å². The smallest absolute Gasteiger partial charge is 0.309 e. The van der Waals surface area contributed by atoms with Crippen molar-refractivity contribution in [2.45, 2.75) is 63.3 Å². The largest absolute Gasteiger partial charge is 0.461 e. The number of nitrogens with zero attached hydrogens (tertiary/aromatic N) is 1. The SMILES string of the molecule is Cl.Cl.O=C(OCc1ccccc1)C1CCN(C2C[C@H]3CC[C@H](C2)N3)CC1. The monoisotopic (exact) mass is 400 g/mol. The minimum Gasteiger partial charge on any atom is -0.461 e. The molecule has 2 bridgehead atoms. The molecule has 0 aliphatic carbocycles. The molecule has 3 heterocycles. The maximum Gasteiger partial charge on any atom is 0.309 e. The van der Waals surface area contributed by atoms with Crippen molar-refractivity contribution in [3.8, 4) is 0 Å². The Morgan fingerprint density at radius 2 is 1.62 bits per heavy atom. The van der Waals surface area contributed by atoms with Gasteiger partial charge >= 0.3 is 5.97 Å². The summed E-state index contributed by atoms with van der Waals surface area (Å²) < 4.78 is 5.52. The van der Waals surface area contributed by atoms with Gasteiger partial charge in [-0.2, -0.15) is 0 Å². The second-order valence-corrected chi connectivity index (χ2v) is 7.67. The van der Waals surface area contributed by atoms with Gasteiger partial charge in [0.2, 0.25) is 0 Å². The number of hydrogen-bond donors (Lipinski definition) is 1. The molecule has 0 saturated carbocycles. The summed E-state index contributed by atoms with van der Waals surface area (Å²) in [5.41, 5.74) is 1.06. The van der Waals surface area contributed by atoms with Crippen molar-refractivity contribution in [3.05, 3.63) is 35.9 Å². The van der Waals surface area contributed by atoms with Gasteiger partial charge in [0.05, 0.1) is 5.92 Å². The first-order chi connectivity index (χ1) is 11.8. The molecule has 3 fully saturated rings. The Kier molecular flexibility index (Phi) is 8.21. The van der Waals surface area contributed by atoms with Gasteiger partial charge in [0, 0.05) is 18.1 Å². The van der Waals surface area contributed by atoms with Crippen LogP contribution in [-0.4, -0.2) is 42.1 Å². The molecule has 1 N–H and O–H groups in total. The number of carbonyl (C=O) groups excluding carboxylic acids is 1. The van der Waals surface area contributed by atoms with Crippen LogP contribution < -0.4 is 5.32 Å². The van der Waals surface area contributed by atoms with E-state index in [0.29, 0.717) is 6.61 Å². The third-order valence-electron chi connectivity index (χ3n) is 6.05. The van der Waals surface area contributed by atoms with Crippen LogP contribution in [0.1, 0.15) is 44.1 Å². The van der Waals surface area contributed by atoms with Crippen molar-refractivity contribution in [2.75, 3.05) is 13.1 Å². The van der Waals surface area contributed by atoms with Crippen LogP contribution in [0.5, 0.6) is 0 Å². The molecule has 2 atom stereocenters. The Bertz CT molecular complexity index is 552. The summed E-state index contributed by atoms with van der Waals surface area (Å²) in [5.74, 6) is 0.0762. The molecular weight excluding hydrogens is 371 g/mol. The number of piperidine rings is 2. The molecule has 6 heteroatoms. The van der Waals surface area contributed by atoms with E-state index in [1.807, 2.05) is 30.3 Å². The quantitative estimate of drug-likeness (QED) is 0.784. The standard InChI is InChI=1S/C20H28N2O2.2ClH/c23-20(24-14-15-4-2-1-3-5-15)16-8-10-22(11-9-16)19-12-17-6-7-18(13-19)21-17;;/h1-5,16-19,21H,6-14H2;2*1H/t17-,18-;;/m1../s1. The number of rotatable bonds is 4. The molecular formula is C20H30Cl2N2O2. The average molecular weight is 401 g/mol. The third kappa shape index (κ3) is 5.13. The Labute approximate surface area is 168 Å². The van der Waals surface area contributed by atoms with Gasteiger partial charge in [0.1, 0.15) is 6.61 Å². The Balaban J connectivity index is 0.00000121. The topological polar surface area (TPSA) is 41.6 Å². The highest BCUT2D eigenvalue weighted by Crippen LogP contribution is 2.32. The fraction of sp³-hybridized carbons (Fsp3) is 0.650. The fourth-order valence-corrected chi connectivity index (χ4v) is 4.67. The van der Waals surface area contributed by atoms with E-state index in [-0.39, 0.29) is 36.7 Å². The third-order valence-corrected chi connectivity index (χ3v) is 6.05. The van der Waals surface area contributed by atoms with Crippen molar-refractivity contribution < 1.29 is 9.53 Å². The summed E-state index contributed by atoms with van der Waals surface area (Å²) in [4.78, 5) is 14.9. The lowest BCUT2D eigenvalue weighted by atomic mass is 9.92. The van der Waals surface area contributed by atoms with E-state index in [1.54, 1.807) is 0 Å². The van der Waals surface area contributed by atoms with Gasteiger partial charge in [-0.05, 0) is 57.2 Å². The van der Waals surface area contributed by atoms with Crippen LogP contribution in [0, 0.1) is 5.92 Å². The lowest BCUT2D eigenvalue weighted by Gasteiger charge is -2.41. The first kappa shape index (κ1) is 21.5. The fourth-order valence-electron chi connectivity index (χ4n) is 4.67. The minimum atomic E-state index is -0.0103. The van der Waals surface area contributed by atoms with Gasteiger partial charge in [-0.1, -0.05) is 30.3 Å². The maximum atomic E-state index is 12.3. The average Bonchev–Trinajstić information content (AvgIpc) is 2.98. The Morgan fingerprint density at radius 1 is 1.00 bits per heavy atom. The summed E-state index contributed by atoms with van der Waals surface area (Å²) >= 11 is 0. The van der Waals surface area contributed by atoms with Crippen molar-refractivity contribution in [1.29, 1.82) is 0 Å². The zero-order valence-corrected chi connectivity index (χ0v) is 16.8. The number of ether oxygens (including phenoxy) is 1. The molecule has 4 nitrogen and oxygen atoms in total. The van der Waals surface area contributed by atoms with Crippen LogP contribution in [0.3, 0.4) is 0 Å². The van der Waals surface area contributed by atoms with Gasteiger partial charge in [-0.25, -0.2) is 0 Å². The van der Waals surface area contributed by atoms with E-state index in [2.05, 4.69) is 10.2 Å². The number of carbonyl (C=O) groups is 1. The lowest BCUT2D eigenvalue weighted by Crippen LogP contribution is -2.50. The molecule has 0 unspecified atom stereocenters. The summed E-state index contributed by atoms with van der Waals surface area (Å²) in [6.07, 6.45) is 7.19. The molecule has 146 valence electrons. The van der Waals surface area contributed by atoms with Crippen molar-refractivity contribution in [2.24, 2.45) is 5.92 Å². The molecule has 0 spiro atoms. The Hall–Kier alpha value is -0.810. The van der Waals surface area contributed by atoms with Gasteiger partial charge < -0.3 is 15.0 Å². The van der Waals surface area contributed by atoms with E-state index < -0.39 is 0 Å². The van der Waals surface area contributed by atoms with Crippen LogP contribution in [0.25, 0.3) is 0 Å². The second kappa shape index (κ2) is 9.93. The van der Waals surface area contributed by atoms with Crippen LogP contribution in [0.2, 0.25) is 0 Å². The van der Waals surface area contributed by atoms with E-state index in [1.165, 1.54) is 25.7 Å². The van der Waals surface area contributed by atoms with Gasteiger partial charge in [0.15, 0.2) is 0 Å². The number of hydrogen-bond acceptors (Lipinski definition) is 4. The van der Waals surface area contributed by atoms with Crippen molar-refractivity contribution in [3.63, 3.8) is 0 Å². The zero-order valence-electron chi connectivity index (χ0n) is 15.1. The second-order valence-electron chi connectivity index (χ2n) is 7.67. The van der Waals surface area contributed by atoms with Crippen LogP contribution >= 0.6 is 24.8 Å². The number of halogens is 2. The first-order valence-corrected chi connectivity index (χ1v) is 9.48. The van der Waals surface area contributed by atoms with Crippen LogP contribution in [0.15, 0.2) is 30.3 Å². The predicted molar refractivity (Wildman–Crippen MR) is 108 cm³/mol. The van der Waals surface area contributed by atoms with Gasteiger partial charge in [0.25, 0.3) is 0 Å². The number of likely N-dealkylation sites (tertiary alicyclic amines) is 1. The molecule has 0 aromatic heterocycles. The molecule has 4 rings (SSSR count). The van der Waals surface area contributed by atoms with Crippen molar-refractivity contribution in [1.82, 2.24) is 10.2 Å². The number of nitrogens with one attached hydrogen (secondary N) is 1. The number of benzene rings is 1. The summed E-state index contributed by atoms with van der Waals surface area (Å²) in [7, 11) is 0. The van der Waals surface area contributed by atoms with E-state index in [9.17, 15) is 4.79 Å². The molecule has 1 aromatic carbocycles. The minimum absolute atomic E-state index is 0. The molecule has 26 heavy (non-hydrogen) atoms. The highest BCUT2D eigenvalue weighted by molar-refractivity contribution is 5.85. The molecule has 0 amide bonds. The maximum absolute atomic E-state index is 12.3. The highest BCUT2D eigenvalue weighted by atomic mass is 35.5. The van der Waals surface area contributed by atoms with E-state index in [0.717, 1.165) is 49.6 Å². The molecule has 0 radical (unpaired) electrons. The first-order valence-electron chi connectivity index (χ1n) is 9.48. The zero-order chi connectivity index (χ0) is 16.4. The normalized spacial score (nSPS) is 28.7. The number of fused-ring (bicyclic) bond motifs is 2. The highest BCUT2D eigenvalue weighted by Gasteiger charge is 2.37. The predicted octanol–water partition coefficient (Wildman–Crippen LogP) is 3.57. The number of esters is 1. The molecule has 3 aliphatic rings. The van der Waals surface area contributed by atoms with E-state index in [4.69, 9.17) is 4.74 Å². The summed E-state index contributed by atoms with van der Waals surface area (Å²) in [6, 6.07) is 12.1. The van der Waals surface area contributed by atoms with Gasteiger partial charge in [-0.15, -0.1) is 24.8 Å². The lowest BCUT2D eigenvalue weighted by molar-refractivity contribution is -0.151. The van der Waals surface area contributed by atoms with Gasteiger partial charge in [-0.3, -0.25) is 4.79 Å². The molecule has 3 aliphatic heterocycles.